The maximum absolute atomic E-state index is 11.5. The summed E-state index contributed by atoms with van der Waals surface area (Å²) in [5.41, 5.74) is 4.39. The quantitative estimate of drug-likeness (QED) is 0.189. The lowest BCUT2D eigenvalue weighted by atomic mass is 10.0. The summed E-state index contributed by atoms with van der Waals surface area (Å²) < 4.78 is 22.3. The first-order valence-electron chi connectivity index (χ1n) is 13.8. The van der Waals surface area contributed by atoms with Gasteiger partial charge in [-0.2, -0.15) is 5.10 Å². The average Bonchev–Trinajstić information content (AvgIpc) is 3.88. The second-order valence-corrected chi connectivity index (χ2v) is 11.8. The zero-order chi connectivity index (χ0) is 29.3. The number of halogens is 3. The van der Waals surface area contributed by atoms with E-state index in [-0.39, 0.29) is 23.4 Å². The number of aromatic carboxylic acids is 1. The summed E-state index contributed by atoms with van der Waals surface area (Å²) in [6.07, 6.45) is 2.84. The smallest absolute Gasteiger partial charge is 0.357 e. The van der Waals surface area contributed by atoms with E-state index < -0.39 is 12.6 Å². The van der Waals surface area contributed by atoms with Crippen LogP contribution in [0.4, 0.5) is 0 Å². The van der Waals surface area contributed by atoms with Gasteiger partial charge in [0.15, 0.2) is 5.69 Å². The number of carbonyl (C=O) groups is 1. The molecule has 41 heavy (non-hydrogen) atoms. The minimum absolute atomic E-state index is 0.0512. The maximum atomic E-state index is 11.5. The third kappa shape index (κ3) is 4.76. The van der Waals surface area contributed by atoms with Gasteiger partial charge in [-0.05, 0) is 72.6 Å². The monoisotopic (exact) mass is 608 g/mol. The lowest BCUT2D eigenvalue weighted by Crippen LogP contribution is -2.00. The van der Waals surface area contributed by atoms with Crippen molar-refractivity contribution in [3.63, 3.8) is 0 Å². The largest absolute Gasteiger partial charge is 0.489 e. The molecule has 0 amide bonds. The summed E-state index contributed by atoms with van der Waals surface area (Å²) in [4.78, 5) is 11.5. The van der Waals surface area contributed by atoms with Crippen LogP contribution in [0.2, 0.25) is 15.1 Å². The number of fused-ring (bicyclic) bond motifs is 1. The Bertz CT molecular complexity index is 1860. The molecule has 1 unspecified atom stereocenters. The van der Waals surface area contributed by atoms with Crippen LogP contribution in [0.15, 0.2) is 59.1 Å². The molecule has 2 fully saturated rings. The number of hydrogen-bond donors (Lipinski definition) is 1. The summed E-state index contributed by atoms with van der Waals surface area (Å²) in [7, 11) is 1.75. The topological polar surface area (TPSA) is 90.4 Å². The number of nitrogens with zero attached hydrogens (tertiary/aromatic N) is 3. The van der Waals surface area contributed by atoms with Crippen LogP contribution in [0.5, 0.6) is 5.75 Å². The molecule has 2 heterocycles. The summed E-state index contributed by atoms with van der Waals surface area (Å²) >= 11 is 19.7. The van der Waals surface area contributed by atoms with Crippen molar-refractivity contribution in [3.8, 4) is 17.0 Å². The van der Waals surface area contributed by atoms with Gasteiger partial charge in [-0.3, -0.25) is 4.68 Å². The van der Waals surface area contributed by atoms with Gasteiger partial charge in [-0.25, -0.2) is 4.79 Å². The normalized spacial score (nSPS) is 19.3. The van der Waals surface area contributed by atoms with E-state index in [1.165, 1.54) is 0 Å². The summed E-state index contributed by atoms with van der Waals surface area (Å²) in [5, 5.41) is 19.9. The number of ether oxygens (including phenoxy) is 1. The Balaban J connectivity index is 1.13. The van der Waals surface area contributed by atoms with Crippen LogP contribution in [-0.2, 0) is 13.6 Å². The third-order valence-electron chi connectivity index (χ3n) is 7.88. The maximum Gasteiger partial charge on any atom is 0.357 e. The van der Waals surface area contributed by atoms with Crippen LogP contribution in [0.25, 0.3) is 22.2 Å². The molecule has 0 bridgehead atoms. The predicted octanol–water partition coefficient (Wildman–Crippen LogP) is 8.61. The lowest BCUT2D eigenvalue weighted by molar-refractivity contribution is 0.0691. The van der Waals surface area contributed by atoms with Crippen LogP contribution < -0.4 is 4.74 Å². The van der Waals surface area contributed by atoms with Crippen LogP contribution in [0.3, 0.4) is 0 Å². The summed E-state index contributed by atoms with van der Waals surface area (Å²) in [6.45, 7) is -1.13. The first kappa shape index (κ1) is 25.2. The Morgan fingerprint density at radius 2 is 1.88 bits per heavy atom. The molecular weight excluding hydrogens is 585 g/mol. The second kappa shape index (κ2) is 10.1. The molecule has 2 aliphatic rings. The van der Waals surface area contributed by atoms with Gasteiger partial charge in [0.05, 0.1) is 22.5 Å². The highest BCUT2D eigenvalue weighted by atomic mass is 35.5. The molecule has 0 saturated heterocycles. The van der Waals surface area contributed by atoms with Gasteiger partial charge in [-0.1, -0.05) is 64.2 Å². The molecule has 3 atom stereocenters. The van der Waals surface area contributed by atoms with E-state index in [2.05, 4.69) is 10.3 Å². The molecule has 1 N–H and O–H groups in total. The highest BCUT2D eigenvalue weighted by molar-refractivity contribution is 6.39. The van der Waals surface area contributed by atoms with Gasteiger partial charge in [0, 0.05) is 28.9 Å². The second-order valence-electron chi connectivity index (χ2n) is 10.6. The predicted molar refractivity (Wildman–Crippen MR) is 157 cm³/mol. The SMILES string of the molecule is [2H]C(Oc1ccc([C@@H]2C[C@H]2c2ccc3c(C(=O)O)nn(C)c3c2)c(Cl)c1)c1c(-c2c(Cl)cccc2Cl)noc1C1CC1. The van der Waals surface area contributed by atoms with Crippen molar-refractivity contribution < 1.29 is 20.5 Å². The van der Waals surface area contributed by atoms with E-state index >= 15 is 0 Å². The van der Waals surface area contributed by atoms with E-state index in [9.17, 15) is 9.90 Å². The van der Waals surface area contributed by atoms with Crippen LogP contribution in [0.1, 0.15) is 71.3 Å². The number of hydrogen-bond acceptors (Lipinski definition) is 5. The van der Waals surface area contributed by atoms with Crippen LogP contribution in [0, 0.1) is 0 Å². The van der Waals surface area contributed by atoms with E-state index in [0.717, 1.165) is 35.9 Å². The zero-order valence-electron chi connectivity index (χ0n) is 22.8. The molecule has 0 spiro atoms. The van der Waals surface area contributed by atoms with Gasteiger partial charge >= 0.3 is 5.97 Å². The molecule has 2 aromatic heterocycles. The molecule has 7 rings (SSSR count). The Morgan fingerprint density at radius 3 is 2.59 bits per heavy atom. The number of carboxylic acid groups (broad SMARTS) is 1. The highest BCUT2D eigenvalue weighted by Crippen LogP contribution is 2.56. The zero-order valence-corrected chi connectivity index (χ0v) is 24.0. The highest BCUT2D eigenvalue weighted by Gasteiger charge is 2.41. The fourth-order valence-corrected chi connectivity index (χ4v) is 6.43. The first-order valence-corrected chi connectivity index (χ1v) is 14.4. The van der Waals surface area contributed by atoms with E-state index in [4.69, 9.17) is 45.4 Å². The lowest BCUT2D eigenvalue weighted by Gasteiger charge is -2.11. The van der Waals surface area contributed by atoms with Gasteiger partial charge in [0.1, 0.15) is 23.8 Å². The van der Waals surface area contributed by atoms with E-state index in [1.54, 1.807) is 36.0 Å². The Morgan fingerprint density at radius 1 is 1.10 bits per heavy atom. The minimum atomic E-state index is -1.13. The molecule has 0 radical (unpaired) electrons. The molecule has 0 aliphatic heterocycles. The number of rotatable bonds is 8. The Hall–Kier alpha value is -3.52. The summed E-state index contributed by atoms with van der Waals surface area (Å²) in [5.74, 6) is 0.711. The van der Waals surface area contributed by atoms with Crippen molar-refractivity contribution in [1.29, 1.82) is 0 Å². The fraction of sp³-hybridized carbons (Fsp3) is 0.258. The molecule has 7 nitrogen and oxygen atoms in total. The van der Waals surface area contributed by atoms with Gasteiger partial charge in [0.25, 0.3) is 0 Å². The molecule has 3 aromatic carbocycles. The van der Waals surface area contributed by atoms with Crippen molar-refractivity contribution in [2.24, 2.45) is 7.05 Å². The molecule has 2 aliphatic carbocycles. The van der Waals surface area contributed by atoms with Gasteiger partial charge < -0.3 is 14.4 Å². The van der Waals surface area contributed by atoms with Gasteiger partial charge in [0.2, 0.25) is 0 Å². The average molecular weight is 610 g/mol. The molecular formula is C31H24Cl3N3O4. The van der Waals surface area contributed by atoms with Crippen LogP contribution in [-0.4, -0.2) is 26.0 Å². The Labute approximate surface area is 252 Å². The molecule has 5 aromatic rings. The number of benzene rings is 3. The van der Waals surface area contributed by atoms with Crippen molar-refractivity contribution in [3.05, 3.63) is 97.8 Å². The van der Waals surface area contributed by atoms with Crippen molar-refractivity contribution >= 4 is 51.7 Å². The summed E-state index contributed by atoms with van der Waals surface area (Å²) in [6, 6.07) is 16.5. The van der Waals surface area contributed by atoms with Gasteiger partial charge in [-0.15, -0.1) is 0 Å². The Kier molecular flexibility index (Phi) is 6.20. The van der Waals surface area contributed by atoms with Crippen molar-refractivity contribution in [2.75, 3.05) is 0 Å². The molecule has 208 valence electrons. The third-order valence-corrected chi connectivity index (χ3v) is 8.84. The molecule has 2 saturated carbocycles. The molecule has 10 heteroatoms. The number of aryl methyl sites for hydroxylation is 1. The first-order chi connectivity index (χ1) is 20.2. The fourth-order valence-electron chi connectivity index (χ4n) is 5.55. The van der Waals surface area contributed by atoms with Crippen molar-refractivity contribution in [2.45, 2.75) is 43.6 Å². The minimum Gasteiger partial charge on any atom is -0.489 e. The standard InChI is InChI=1S/C31H24Cl3N3O4/c1-37-26-11-16(7-9-19(26)29(35-37)31(38)39)20-13-21(20)18-10-8-17(12-25(18)34)40-14-22-28(36-41-30(22)15-5-6-15)27-23(32)3-2-4-24(27)33/h2-4,7-12,15,20-21H,5-6,13-14H2,1H3,(H,38,39)/t20-,21-/m0/s1/i14D/t14?,20-,21-. The number of aromatic nitrogens is 3. The van der Waals surface area contributed by atoms with Crippen molar-refractivity contribution in [1.82, 2.24) is 14.9 Å². The van der Waals surface area contributed by atoms with Crippen LogP contribution >= 0.6 is 34.8 Å². The van der Waals surface area contributed by atoms with E-state index in [0.29, 0.717) is 48.8 Å². The number of carboxylic acids is 1. The van der Waals surface area contributed by atoms with E-state index in [1.807, 2.05) is 30.3 Å².